The average molecular weight is 314 g/mol. The smallest absolute Gasteiger partial charge is 0.224 e. The molecule has 21 heavy (non-hydrogen) atoms. The summed E-state index contributed by atoms with van der Waals surface area (Å²) in [7, 11) is 0. The molecule has 1 heterocycles. The van der Waals surface area contributed by atoms with Crippen LogP contribution in [-0.4, -0.2) is 10.8 Å². The van der Waals surface area contributed by atoms with E-state index in [-0.39, 0.29) is 5.91 Å². The second-order valence-electron chi connectivity index (χ2n) is 4.32. The number of rotatable bonds is 5. The van der Waals surface area contributed by atoms with E-state index < -0.39 is 0 Å². The maximum absolute atomic E-state index is 12.0. The standard InChI is InChI=1S/C16H14N2OS2/c1-13(19)18(9-14-5-3-2-4-6-14)16(11-21-12-17)15-7-8-20-10-15/h2-8,10-11H,9H2,1H3/b16-11+. The van der Waals surface area contributed by atoms with E-state index in [9.17, 15) is 4.79 Å². The van der Waals surface area contributed by atoms with Crippen LogP contribution < -0.4 is 0 Å². The summed E-state index contributed by atoms with van der Waals surface area (Å²) in [6, 6.07) is 11.8. The van der Waals surface area contributed by atoms with Crippen molar-refractivity contribution in [3.63, 3.8) is 0 Å². The van der Waals surface area contributed by atoms with Gasteiger partial charge in [0.2, 0.25) is 5.91 Å². The lowest BCUT2D eigenvalue weighted by Gasteiger charge is -2.23. The van der Waals surface area contributed by atoms with Gasteiger partial charge in [0.25, 0.3) is 0 Å². The molecular formula is C16H14N2OS2. The molecule has 0 saturated carbocycles. The topological polar surface area (TPSA) is 44.1 Å². The lowest BCUT2D eigenvalue weighted by molar-refractivity contribution is -0.126. The Hall–Kier alpha value is -2.03. The maximum atomic E-state index is 12.0. The van der Waals surface area contributed by atoms with Crippen LogP contribution in [0.15, 0.2) is 52.6 Å². The molecule has 0 fully saturated rings. The van der Waals surface area contributed by atoms with Gasteiger partial charge in [-0.15, -0.1) is 0 Å². The Kier molecular flexibility index (Phi) is 5.61. The van der Waals surface area contributed by atoms with Crippen molar-refractivity contribution in [1.29, 1.82) is 5.26 Å². The summed E-state index contributed by atoms with van der Waals surface area (Å²) in [6.45, 7) is 2.03. The highest BCUT2D eigenvalue weighted by Crippen LogP contribution is 2.26. The first-order chi connectivity index (χ1) is 10.2. The molecule has 106 valence electrons. The quantitative estimate of drug-likeness (QED) is 0.772. The maximum Gasteiger partial charge on any atom is 0.224 e. The van der Waals surface area contributed by atoms with Gasteiger partial charge < -0.3 is 4.90 Å². The number of benzene rings is 1. The minimum absolute atomic E-state index is 0.0464. The van der Waals surface area contributed by atoms with Crippen molar-refractivity contribution in [2.45, 2.75) is 13.5 Å². The summed E-state index contributed by atoms with van der Waals surface area (Å²) in [6.07, 6.45) is 0. The van der Waals surface area contributed by atoms with Crippen molar-refractivity contribution < 1.29 is 4.79 Å². The molecule has 1 aromatic carbocycles. The fourth-order valence-corrected chi connectivity index (χ4v) is 2.99. The van der Waals surface area contributed by atoms with Gasteiger partial charge in [0.15, 0.2) is 0 Å². The SMILES string of the molecule is CC(=O)N(Cc1ccccc1)/C(=C/SC#N)c1ccsc1. The van der Waals surface area contributed by atoms with E-state index in [1.165, 1.54) is 0 Å². The zero-order valence-corrected chi connectivity index (χ0v) is 13.2. The number of carbonyl (C=O) groups excluding carboxylic acids is 1. The number of hydrogen-bond donors (Lipinski definition) is 0. The molecule has 1 aromatic heterocycles. The summed E-state index contributed by atoms with van der Waals surface area (Å²) in [5, 5.41) is 16.5. The molecule has 3 nitrogen and oxygen atoms in total. The van der Waals surface area contributed by atoms with Crippen LogP contribution in [-0.2, 0) is 11.3 Å². The van der Waals surface area contributed by atoms with Crippen molar-refractivity contribution in [2.75, 3.05) is 0 Å². The lowest BCUT2D eigenvalue weighted by atomic mass is 10.1. The van der Waals surface area contributed by atoms with Gasteiger partial charge in [0, 0.05) is 23.3 Å². The third-order valence-corrected chi connectivity index (χ3v) is 4.02. The Balaban J connectivity index is 2.34. The first-order valence-electron chi connectivity index (χ1n) is 6.32. The largest absolute Gasteiger partial charge is 0.307 e. The predicted molar refractivity (Wildman–Crippen MR) is 88.2 cm³/mol. The second kappa shape index (κ2) is 7.67. The number of thiocyanates is 1. The molecule has 0 radical (unpaired) electrons. The highest BCUT2D eigenvalue weighted by atomic mass is 32.2. The number of nitriles is 1. The molecule has 0 N–H and O–H groups in total. The Labute approximate surface area is 132 Å². The van der Waals surface area contributed by atoms with Crippen LogP contribution in [0.4, 0.5) is 0 Å². The highest BCUT2D eigenvalue weighted by molar-refractivity contribution is 8.06. The number of hydrogen-bond acceptors (Lipinski definition) is 4. The van der Waals surface area contributed by atoms with Gasteiger partial charge >= 0.3 is 0 Å². The van der Waals surface area contributed by atoms with Crippen LogP contribution in [0.1, 0.15) is 18.1 Å². The molecule has 2 aromatic rings. The van der Waals surface area contributed by atoms with Crippen molar-refractivity contribution in [1.82, 2.24) is 4.90 Å². The summed E-state index contributed by atoms with van der Waals surface area (Å²) in [5.41, 5.74) is 2.77. The van der Waals surface area contributed by atoms with Crippen molar-refractivity contribution >= 4 is 34.7 Å². The fourth-order valence-electron chi connectivity index (χ4n) is 1.91. The Morgan fingerprint density at radius 2 is 2.14 bits per heavy atom. The van der Waals surface area contributed by atoms with E-state index in [1.54, 1.807) is 28.6 Å². The van der Waals surface area contributed by atoms with Crippen LogP contribution in [0.3, 0.4) is 0 Å². The first kappa shape index (κ1) is 15.4. The third kappa shape index (κ3) is 4.22. The van der Waals surface area contributed by atoms with E-state index >= 15 is 0 Å². The summed E-state index contributed by atoms with van der Waals surface area (Å²) < 4.78 is 0. The zero-order valence-electron chi connectivity index (χ0n) is 11.5. The van der Waals surface area contributed by atoms with Gasteiger partial charge in [-0.05, 0) is 28.8 Å². The third-order valence-electron chi connectivity index (χ3n) is 2.89. The van der Waals surface area contributed by atoms with E-state index in [1.807, 2.05) is 52.6 Å². The average Bonchev–Trinajstić information content (AvgIpc) is 3.01. The molecule has 0 spiro atoms. The van der Waals surface area contributed by atoms with Gasteiger partial charge in [-0.3, -0.25) is 4.79 Å². The molecule has 0 aliphatic heterocycles. The highest BCUT2D eigenvalue weighted by Gasteiger charge is 2.17. The van der Waals surface area contributed by atoms with Crippen LogP contribution in [0.25, 0.3) is 5.70 Å². The monoisotopic (exact) mass is 314 g/mol. The first-order valence-corrected chi connectivity index (χ1v) is 8.14. The molecule has 1 amide bonds. The van der Waals surface area contributed by atoms with E-state index in [0.717, 1.165) is 28.6 Å². The predicted octanol–water partition coefficient (Wildman–Crippen LogP) is 4.31. The number of thiophene rings is 1. The molecular weight excluding hydrogens is 300 g/mol. The van der Waals surface area contributed by atoms with Crippen LogP contribution >= 0.6 is 23.1 Å². The minimum Gasteiger partial charge on any atom is -0.307 e. The molecule has 0 atom stereocenters. The molecule has 0 unspecified atom stereocenters. The molecule has 0 aliphatic carbocycles. The van der Waals surface area contributed by atoms with E-state index in [4.69, 9.17) is 5.26 Å². The van der Waals surface area contributed by atoms with Gasteiger partial charge in [0.1, 0.15) is 5.40 Å². The second-order valence-corrected chi connectivity index (χ2v) is 5.75. The van der Waals surface area contributed by atoms with Gasteiger partial charge in [-0.2, -0.15) is 16.6 Å². The van der Waals surface area contributed by atoms with Crippen LogP contribution in [0, 0.1) is 10.7 Å². The summed E-state index contributed by atoms with van der Waals surface area (Å²) >= 11 is 2.59. The molecule has 2 rings (SSSR count). The number of nitrogens with zero attached hydrogens (tertiary/aromatic N) is 2. The van der Waals surface area contributed by atoms with Gasteiger partial charge in [0.05, 0.1) is 12.2 Å². The molecule has 0 bridgehead atoms. The van der Waals surface area contributed by atoms with E-state index in [2.05, 4.69) is 0 Å². The molecule has 0 aliphatic rings. The van der Waals surface area contributed by atoms with Crippen LogP contribution in [0.5, 0.6) is 0 Å². The Bertz CT molecular complexity index is 657. The lowest BCUT2D eigenvalue weighted by Crippen LogP contribution is -2.26. The molecule has 5 heteroatoms. The fraction of sp³-hybridized carbons (Fsp3) is 0.125. The number of thioether (sulfide) groups is 1. The van der Waals surface area contributed by atoms with Crippen molar-refractivity contribution in [3.05, 3.63) is 63.7 Å². The Morgan fingerprint density at radius 3 is 2.71 bits per heavy atom. The van der Waals surface area contributed by atoms with Crippen molar-refractivity contribution in [3.8, 4) is 5.40 Å². The molecule has 0 saturated heterocycles. The van der Waals surface area contributed by atoms with Gasteiger partial charge in [-0.25, -0.2) is 0 Å². The normalized spacial score (nSPS) is 11.0. The van der Waals surface area contributed by atoms with Crippen LogP contribution in [0.2, 0.25) is 0 Å². The van der Waals surface area contributed by atoms with Crippen molar-refractivity contribution in [2.24, 2.45) is 0 Å². The van der Waals surface area contributed by atoms with E-state index in [0.29, 0.717) is 6.54 Å². The summed E-state index contributed by atoms with van der Waals surface area (Å²) in [4.78, 5) is 13.7. The number of amides is 1. The van der Waals surface area contributed by atoms with Gasteiger partial charge in [-0.1, -0.05) is 30.3 Å². The minimum atomic E-state index is -0.0464. The summed E-state index contributed by atoms with van der Waals surface area (Å²) in [5.74, 6) is -0.0464. The number of carbonyl (C=O) groups is 1. The zero-order chi connectivity index (χ0) is 15.1. The Morgan fingerprint density at radius 1 is 1.38 bits per heavy atom.